The second kappa shape index (κ2) is 7.34. The molecule has 0 radical (unpaired) electrons. The van der Waals surface area contributed by atoms with Crippen LogP contribution in [0.2, 0.25) is 0 Å². The van der Waals surface area contributed by atoms with Gasteiger partial charge in [-0.2, -0.15) is 0 Å². The Kier molecular flexibility index (Phi) is 4.97. The predicted molar refractivity (Wildman–Crippen MR) is 88.8 cm³/mol. The molecule has 1 aliphatic heterocycles. The normalized spacial score (nSPS) is 16.7. The van der Waals surface area contributed by atoms with Crippen molar-refractivity contribution in [3.05, 3.63) is 65.5 Å². The second-order valence-electron chi connectivity index (χ2n) is 5.99. The summed E-state index contributed by atoms with van der Waals surface area (Å²) in [6.07, 6.45) is 0.458. The maximum Gasteiger partial charge on any atom is 0.308 e. The summed E-state index contributed by atoms with van der Waals surface area (Å²) in [5, 5.41) is 9.08. The zero-order valence-electron chi connectivity index (χ0n) is 13.5. The summed E-state index contributed by atoms with van der Waals surface area (Å²) in [7, 11) is 0. The summed E-state index contributed by atoms with van der Waals surface area (Å²) in [5.74, 6) is -1.53. The van der Waals surface area contributed by atoms with Gasteiger partial charge in [0.1, 0.15) is 18.2 Å². The molecular formula is C19H18FNO4. The van der Waals surface area contributed by atoms with Gasteiger partial charge in [0.15, 0.2) is 0 Å². The first kappa shape index (κ1) is 17.0. The number of rotatable bonds is 5. The van der Waals surface area contributed by atoms with Gasteiger partial charge in [0.2, 0.25) is 0 Å². The maximum absolute atomic E-state index is 12.9. The average molecular weight is 343 g/mol. The van der Waals surface area contributed by atoms with Gasteiger partial charge >= 0.3 is 5.97 Å². The number of amides is 1. The number of para-hydroxylation sites is 1. The number of halogens is 1. The van der Waals surface area contributed by atoms with E-state index in [2.05, 4.69) is 0 Å². The van der Waals surface area contributed by atoms with Crippen molar-refractivity contribution in [3.8, 4) is 5.75 Å². The van der Waals surface area contributed by atoms with Gasteiger partial charge in [0, 0.05) is 13.1 Å². The molecule has 1 fully saturated rings. The number of carbonyl (C=O) groups excluding carboxylic acids is 1. The Hall–Kier alpha value is -2.89. The molecule has 0 spiro atoms. The van der Waals surface area contributed by atoms with E-state index in [4.69, 9.17) is 9.84 Å². The van der Waals surface area contributed by atoms with Gasteiger partial charge in [-0.3, -0.25) is 9.59 Å². The van der Waals surface area contributed by atoms with Crippen molar-refractivity contribution >= 4 is 11.9 Å². The van der Waals surface area contributed by atoms with E-state index in [-0.39, 0.29) is 24.9 Å². The third-order valence-corrected chi connectivity index (χ3v) is 4.25. The van der Waals surface area contributed by atoms with E-state index in [9.17, 15) is 14.0 Å². The standard InChI is InChI=1S/C19H18FNO4/c20-15-7-5-13(6-8-15)12-25-17-4-2-1-3-16(17)18(22)21-10-9-14(11-21)19(23)24/h1-8,14H,9-12H2,(H,23,24)/t14-/m0/s1. The summed E-state index contributed by atoms with van der Waals surface area (Å²) in [6, 6.07) is 12.8. The van der Waals surface area contributed by atoms with Gasteiger partial charge in [-0.05, 0) is 36.2 Å². The highest BCUT2D eigenvalue weighted by atomic mass is 19.1. The number of aliphatic carboxylic acids is 1. The van der Waals surface area contributed by atoms with Crippen molar-refractivity contribution in [1.82, 2.24) is 4.90 Å². The van der Waals surface area contributed by atoms with Crippen molar-refractivity contribution in [2.45, 2.75) is 13.0 Å². The Morgan fingerprint density at radius 2 is 1.88 bits per heavy atom. The Labute approximate surface area is 144 Å². The highest BCUT2D eigenvalue weighted by Gasteiger charge is 2.32. The monoisotopic (exact) mass is 343 g/mol. The number of carbonyl (C=O) groups is 2. The number of hydrogen-bond acceptors (Lipinski definition) is 3. The van der Waals surface area contributed by atoms with E-state index in [1.807, 2.05) is 0 Å². The molecule has 2 aromatic carbocycles. The lowest BCUT2D eigenvalue weighted by Crippen LogP contribution is -2.30. The van der Waals surface area contributed by atoms with Crippen LogP contribution in [0.15, 0.2) is 48.5 Å². The molecule has 1 heterocycles. The first-order chi connectivity index (χ1) is 12.0. The quantitative estimate of drug-likeness (QED) is 0.906. The van der Waals surface area contributed by atoms with Crippen LogP contribution in [-0.2, 0) is 11.4 Å². The number of ether oxygens (including phenoxy) is 1. The Balaban J connectivity index is 1.71. The molecule has 3 rings (SSSR count). The summed E-state index contributed by atoms with van der Waals surface area (Å²) in [5.41, 5.74) is 1.19. The highest BCUT2D eigenvalue weighted by molar-refractivity contribution is 5.97. The van der Waals surface area contributed by atoms with Crippen LogP contribution in [-0.4, -0.2) is 35.0 Å². The molecule has 2 aromatic rings. The molecule has 1 atom stereocenters. The molecule has 25 heavy (non-hydrogen) atoms. The predicted octanol–water partition coefficient (Wildman–Crippen LogP) is 2.95. The van der Waals surface area contributed by atoms with E-state index in [1.54, 1.807) is 41.3 Å². The molecular weight excluding hydrogens is 325 g/mol. The number of carboxylic acid groups (broad SMARTS) is 1. The van der Waals surface area contributed by atoms with Crippen molar-refractivity contribution in [1.29, 1.82) is 0 Å². The van der Waals surface area contributed by atoms with Crippen LogP contribution in [0, 0.1) is 11.7 Å². The zero-order valence-corrected chi connectivity index (χ0v) is 13.5. The van der Waals surface area contributed by atoms with Gasteiger partial charge in [0.05, 0.1) is 11.5 Å². The number of hydrogen-bond donors (Lipinski definition) is 1. The Bertz CT molecular complexity index is 775. The van der Waals surface area contributed by atoms with E-state index in [0.29, 0.717) is 24.3 Å². The van der Waals surface area contributed by atoms with Gasteiger partial charge in [0.25, 0.3) is 5.91 Å². The average Bonchev–Trinajstić information content (AvgIpc) is 3.11. The fourth-order valence-electron chi connectivity index (χ4n) is 2.83. The fraction of sp³-hybridized carbons (Fsp3) is 0.263. The van der Waals surface area contributed by atoms with Crippen molar-refractivity contribution in [3.63, 3.8) is 0 Å². The number of carboxylic acids is 1. The van der Waals surface area contributed by atoms with E-state index in [0.717, 1.165) is 5.56 Å². The molecule has 0 aliphatic carbocycles. The van der Waals surface area contributed by atoms with Gasteiger partial charge in [-0.1, -0.05) is 24.3 Å². The highest BCUT2D eigenvalue weighted by Crippen LogP contribution is 2.25. The largest absolute Gasteiger partial charge is 0.488 e. The minimum atomic E-state index is -0.879. The van der Waals surface area contributed by atoms with Crippen LogP contribution >= 0.6 is 0 Å². The number of likely N-dealkylation sites (tertiary alicyclic amines) is 1. The summed E-state index contributed by atoms with van der Waals surface area (Å²) in [4.78, 5) is 25.3. The molecule has 1 amide bonds. The van der Waals surface area contributed by atoms with E-state index < -0.39 is 11.9 Å². The van der Waals surface area contributed by atoms with Crippen molar-refractivity contribution in [2.75, 3.05) is 13.1 Å². The van der Waals surface area contributed by atoms with Crippen LogP contribution in [0.4, 0.5) is 4.39 Å². The van der Waals surface area contributed by atoms with Crippen molar-refractivity contribution in [2.24, 2.45) is 5.92 Å². The minimum absolute atomic E-state index is 0.209. The molecule has 6 heteroatoms. The SMILES string of the molecule is O=C(O)[C@H]1CCN(C(=O)c2ccccc2OCc2ccc(F)cc2)C1. The summed E-state index contributed by atoms with van der Waals surface area (Å²) in [6.45, 7) is 0.838. The first-order valence-electron chi connectivity index (χ1n) is 8.03. The van der Waals surface area contributed by atoms with Gasteiger partial charge < -0.3 is 14.7 Å². The lowest BCUT2D eigenvalue weighted by Gasteiger charge is -2.18. The minimum Gasteiger partial charge on any atom is -0.488 e. The molecule has 1 aliphatic rings. The van der Waals surface area contributed by atoms with Crippen molar-refractivity contribution < 1.29 is 23.8 Å². The molecule has 1 saturated heterocycles. The number of nitrogens with zero attached hydrogens (tertiary/aromatic N) is 1. The lowest BCUT2D eigenvalue weighted by atomic mass is 10.1. The lowest BCUT2D eigenvalue weighted by molar-refractivity contribution is -0.141. The second-order valence-corrected chi connectivity index (χ2v) is 5.99. The molecule has 1 N–H and O–H groups in total. The van der Waals surface area contributed by atoms with Crippen LogP contribution in [0.1, 0.15) is 22.3 Å². The smallest absolute Gasteiger partial charge is 0.308 e. The van der Waals surface area contributed by atoms with E-state index >= 15 is 0 Å². The van der Waals surface area contributed by atoms with Crippen LogP contribution < -0.4 is 4.74 Å². The zero-order chi connectivity index (χ0) is 17.8. The fourth-order valence-corrected chi connectivity index (χ4v) is 2.83. The molecule has 130 valence electrons. The maximum atomic E-state index is 12.9. The number of benzene rings is 2. The van der Waals surface area contributed by atoms with Crippen LogP contribution in [0.3, 0.4) is 0 Å². The Morgan fingerprint density at radius 3 is 2.56 bits per heavy atom. The van der Waals surface area contributed by atoms with E-state index in [1.165, 1.54) is 12.1 Å². The molecule has 0 aromatic heterocycles. The summed E-state index contributed by atoms with van der Waals surface area (Å²) < 4.78 is 18.7. The molecule has 5 nitrogen and oxygen atoms in total. The topological polar surface area (TPSA) is 66.8 Å². The molecule has 0 saturated carbocycles. The molecule has 0 bridgehead atoms. The Morgan fingerprint density at radius 1 is 1.16 bits per heavy atom. The summed E-state index contributed by atoms with van der Waals surface area (Å²) >= 11 is 0. The van der Waals surface area contributed by atoms with Crippen LogP contribution in [0.5, 0.6) is 5.75 Å². The first-order valence-corrected chi connectivity index (χ1v) is 8.03. The third-order valence-electron chi connectivity index (χ3n) is 4.25. The van der Waals surface area contributed by atoms with Gasteiger partial charge in [-0.25, -0.2) is 4.39 Å². The van der Waals surface area contributed by atoms with Crippen LogP contribution in [0.25, 0.3) is 0 Å². The van der Waals surface area contributed by atoms with Gasteiger partial charge in [-0.15, -0.1) is 0 Å². The molecule has 0 unspecified atom stereocenters. The third kappa shape index (κ3) is 3.96.